The maximum atomic E-state index is 11.2. The van der Waals surface area contributed by atoms with Crippen LogP contribution in [-0.4, -0.2) is 22.2 Å². The van der Waals surface area contributed by atoms with Crippen LogP contribution in [0.2, 0.25) is 0 Å². The van der Waals surface area contributed by atoms with Crippen molar-refractivity contribution in [3.8, 4) is 0 Å². The number of hydrogen-bond donors (Lipinski definition) is 1. The van der Waals surface area contributed by atoms with Crippen molar-refractivity contribution in [3.05, 3.63) is 12.2 Å². The second kappa shape index (κ2) is 2.33. The highest BCUT2D eigenvalue weighted by Gasteiger charge is 2.45. The van der Waals surface area contributed by atoms with E-state index in [1.807, 2.05) is 0 Å². The summed E-state index contributed by atoms with van der Waals surface area (Å²) in [5, 5.41) is 10.2. The molecule has 1 aliphatic heterocycles. The third-order valence-corrected chi connectivity index (χ3v) is 3.13. The van der Waals surface area contributed by atoms with Crippen LogP contribution in [0.25, 0.3) is 0 Å². The number of fused-ring (bicyclic) bond motifs is 2. The SMILES string of the molecule is C=C1C2CC(=O)N(O)C1CC2C. The van der Waals surface area contributed by atoms with Crippen molar-refractivity contribution in [1.82, 2.24) is 5.06 Å². The molecule has 1 saturated carbocycles. The normalized spacial score (nSPS) is 40.8. The van der Waals surface area contributed by atoms with Crippen molar-refractivity contribution < 1.29 is 10.0 Å². The van der Waals surface area contributed by atoms with Crippen LogP contribution >= 0.6 is 0 Å². The number of hydrogen-bond acceptors (Lipinski definition) is 2. The Morgan fingerprint density at radius 3 is 3.00 bits per heavy atom. The summed E-state index contributed by atoms with van der Waals surface area (Å²) in [5.41, 5.74) is 1.03. The lowest BCUT2D eigenvalue weighted by atomic mass is 9.90. The third-order valence-electron chi connectivity index (χ3n) is 3.13. The van der Waals surface area contributed by atoms with Gasteiger partial charge in [0, 0.05) is 6.42 Å². The second-order valence-electron chi connectivity index (χ2n) is 3.85. The Morgan fingerprint density at radius 2 is 2.33 bits per heavy atom. The van der Waals surface area contributed by atoms with Crippen molar-refractivity contribution >= 4 is 5.91 Å². The van der Waals surface area contributed by atoms with Gasteiger partial charge in [0.05, 0.1) is 6.04 Å². The van der Waals surface area contributed by atoms with Gasteiger partial charge in [-0.15, -0.1) is 0 Å². The van der Waals surface area contributed by atoms with E-state index in [-0.39, 0.29) is 11.9 Å². The fourth-order valence-electron chi connectivity index (χ4n) is 2.33. The van der Waals surface area contributed by atoms with Crippen LogP contribution < -0.4 is 0 Å². The van der Waals surface area contributed by atoms with Crippen molar-refractivity contribution in [1.29, 1.82) is 0 Å². The molecule has 3 heteroatoms. The van der Waals surface area contributed by atoms with Gasteiger partial charge >= 0.3 is 0 Å². The van der Waals surface area contributed by atoms with Crippen LogP contribution in [0, 0.1) is 11.8 Å². The molecule has 2 rings (SSSR count). The Hall–Kier alpha value is -0.830. The third kappa shape index (κ3) is 0.829. The van der Waals surface area contributed by atoms with Crippen molar-refractivity contribution in [2.75, 3.05) is 0 Å². The molecule has 3 atom stereocenters. The van der Waals surface area contributed by atoms with E-state index in [0.717, 1.165) is 17.1 Å². The van der Waals surface area contributed by atoms with Gasteiger partial charge in [0.2, 0.25) is 5.91 Å². The fourth-order valence-corrected chi connectivity index (χ4v) is 2.33. The molecule has 1 aliphatic carbocycles. The van der Waals surface area contributed by atoms with E-state index < -0.39 is 0 Å². The molecule has 3 nitrogen and oxygen atoms in total. The summed E-state index contributed by atoms with van der Waals surface area (Å²) in [6, 6.07) is -0.105. The number of nitrogens with zero attached hydrogens (tertiary/aromatic N) is 1. The van der Waals surface area contributed by atoms with E-state index in [2.05, 4.69) is 13.5 Å². The van der Waals surface area contributed by atoms with Gasteiger partial charge in [-0.05, 0) is 23.8 Å². The summed E-state index contributed by atoms with van der Waals surface area (Å²) in [6.07, 6.45) is 1.30. The Labute approximate surface area is 71.6 Å². The number of carbonyl (C=O) groups is 1. The van der Waals surface area contributed by atoms with Crippen molar-refractivity contribution in [2.24, 2.45) is 11.8 Å². The van der Waals surface area contributed by atoms with Crippen LogP contribution in [0.3, 0.4) is 0 Å². The highest BCUT2D eigenvalue weighted by atomic mass is 16.5. The summed E-state index contributed by atoms with van der Waals surface area (Å²) < 4.78 is 0. The number of hydroxylamine groups is 2. The zero-order chi connectivity index (χ0) is 8.88. The molecule has 0 radical (unpaired) electrons. The summed E-state index contributed by atoms with van der Waals surface area (Å²) in [7, 11) is 0. The van der Waals surface area contributed by atoms with E-state index in [1.165, 1.54) is 0 Å². The second-order valence-corrected chi connectivity index (χ2v) is 3.85. The Kier molecular flexibility index (Phi) is 1.51. The molecule has 1 saturated heterocycles. The minimum absolute atomic E-state index is 0.105. The van der Waals surface area contributed by atoms with Crippen LogP contribution in [0.15, 0.2) is 12.2 Å². The Bertz CT molecular complexity index is 249. The van der Waals surface area contributed by atoms with E-state index in [4.69, 9.17) is 0 Å². The predicted octanol–water partition coefficient (Wildman–Crippen LogP) is 1.19. The average Bonchev–Trinajstić information content (AvgIpc) is 2.23. The largest absolute Gasteiger partial charge is 0.285 e. The lowest BCUT2D eigenvalue weighted by Crippen LogP contribution is -2.41. The molecule has 2 aliphatic rings. The number of carbonyl (C=O) groups excluding carboxylic acids is 1. The molecule has 1 N–H and O–H groups in total. The molecule has 2 bridgehead atoms. The standard InChI is InChI=1S/C9H13NO2/c1-5-3-8-6(2)7(5)4-9(11)10(8)12/h5,7-8,12H,2-4H2,1H3. The molecule has 0 aromatic heterocycles. The highest BCUT2D eigenvalue weighted by molar-refractivity contribution is 5.78. The van der Waals surface area contributed by atoms with Crippen LogP contribution in [0.1, 0.15) is 19.8 Å². The Balaban J connectivity index is 2.31. The monoisotopic (exact) mass is 167 g/mol. The quantitative estimate of drug-likeness (QED) is 0.435. The molecule has 1 amide bonds. The molecular weight excluding hydrogens is 154 g/mol. The summed E-state index contributed by atoms with van der Waals surface area (Å²) in [4.78, 5) is 11.2. The van der Waals surface area contributed by atoms with Gasteiger partial charge in [-0.1, -0.05) is 13.5 Å². The minimum atomic E-state index is -0.151. The summed E-state index contributed by atoms with van der Waals surface area (Å²) >= 11 is 0. The first kappa shape index (κ1) is 7.80. The minimum Gasteiger partial charge on any atom is -0.285 e. The van der Waals surface area contributed by atoms with E-state index >= 15 is 0 Å². The van der Waals surface area contributed by atoms with Gasteiger partial charge in [0.1, 0.15) is 0 Å². The zero-order valence-electron chi connectivity index (χ0n) is 7.16. The van der Waals surface area contributed by atoms with Gasteiger partial charge < -0.3 is 0 Å². The van der Waals surface area contributed by atoms with Gasteiger partial charge in [-0.25, -0.2) is 5.06 Å². The number of rotatable bonds is 0. The highest BCUT2D eigenvalue weighted by Crippen LogP contribution is 2.43. The molecule has 3 unspecified atom stereocenters. The molecule has 66 valence electrons. The van der Waals surface area contributed by atoms with Gasteiger partial charge in [0.25, 0.3) is 0 Å². The number of piperidine rings is 1. The lowest BCUT2D eigenvalue weighted by molar-refractivity contribution is -0.174. The van der Waals surface area contributed by atoms with Gasteiger partial charge in [0.15, 0.2) is 0 Å². The van der Waals surface area contributed by atoms with Gasteiger partial charge in [-0.3, -0.25) is 10.0 Å². The van der Waals surface area contributed by atoms with Crippen LogP contribution in [0.5, 0.6) is 0 Å². The molecular formula is C9H13NO2. The first-order valence-corrected chi connectivity index (χ1v) is 4.31. The number of amides is 1. The van der Waals surface area contributed by atoms with E-state index in [1.54, 1.807) is 0 Å². The molecule has 1 heterocycles. The van der Waals surface area contributed by atoms with Crippen LogP contribution in [0.4, 0.5) is 0 Å². The lowest BCUT2D eigenvalue weighted by Gasteiger charge is -2.29. The van der Waals surface area contributed by atoms with Crippen molar-refractivity contribution in [2.45, 2.75) is 25.8 Å². The predicted molar refractivity (Wildman–Crippen MR) is 43.4 cm³/mol. The first-order valence-electron chi connectivity index (χ1n) is 4.31. The topological polar surface area (TPSA) is 40.5 Å². The van der Waals surface area contributed by atoms with Crippen LogP contribution in [-0.2, 0) is 4.79 Å². The van der Waals surface area contributed by atoms with Crippen molar-refractivity contribution in [3.63, 3.8) is 0 Å². The summed E-state index contributed by atoms with van der Waals surface area (Å²) in [5.74, 6) is 0.649. The molecule has 0 aromatic rings. The molecule has 0 aromatic carbocycles. The maximum Gasteiger partial charge on any atom is 0.247 e. The molecule has 12 heavy (non-hydrogen) atoms. The fraction of sp³-hybridized carbons (Fsp3) is 0.667. The molecule has 0 spiro atoms. The average molecular weight is 167 g/mol. The van der Waals surface area contributed by atoms with Gasteiger partial charge in [-0.2, -0.15) is 0 Å². The smallest absolute Gasteiger partial charge is 0.247 e. The first-order chi connectivity index (χ1) is 5.61. The summed E-state index contributed by atoms with van der Waals surface area (Å²) in [6.45, 7) is 6.03. The molecule has 2 fully saturated rings. The van der Waals surface area contributed by atoms with E-state index in [0.29, 0.717) is 18.3 Å². The van der Waals surface area contributed by atoms with E-state index in [9.17, 15) is 10.0 Å². The maximum absolute atomic E-state index is 11.2. The Morgan fingerprint density at radius 1 is 1.67 bits per heavy atom. The zero-order valence-corrected chi connectivity index (χ0v) is 7.16.